The van der Waals surface area contributed by atoms with Gasteiger partial charge in [-0.15, -0.1) is 0 Å². The Morgan fingerprint density at radius 3 is 2.45 bits per heavy atom. The first-order valence-electron chi connectivity index (χ1n) is 9.64. The van der Waals surface area contributed by atoms with Crippen LogP contribution in [0.5, 0.6) is 5.75 Å². The van der Waals surface area contributed by atoms with E-state index in [0.29, 0.717) is 6.54 Å². The van der Waals surface area contributed by atoms with E-state index >= 15 is 0 Å². The summed E-state index contributed by atoms with van der Waals surface area (Å²) in [6, 6.07) is 12.4. The molecule has 0 bridgehead atoms. The number of amides is 1. The maximum Gasteiger partial charge on any atom is 0.251 e. The zero-order valence-corrected chi connectivity index (χ0v) is 17.8. The van der Waals surface area contributed by atoms with Crippen molar-refractivity contribution in [2.75, 3.05) is 21.2 Å². The lowest BCUT2D eigenvalue weighted by Crippen LogP contribution is -3.04. The van der Waals surface area contributed by atoms with Gasteiger partial charge >= 0.3 is 0 Å². The molecule has 0 aromatic heterocycles. The van der Waals surface area contributed by atoms with E-state index in [2.05, 4.69) is 30.2 Å². The van der Waals surface area contributed by atoms with Crippen molar-refractivity contribution >= 4 is 15.9 Å². The number of benzene rings is 2. The molecule has 1 aliphatic rings. The monoisotopic (exact) mass is 418 g/mol. The molecule has 7 nitrogen and oxygen atoms in total. The number of ether oxygens (including phenoxy) is 1. The Kier molecular flexibility index (Phi) is 6.56. The van der Waals surface area contributed by atoms with Crippen LogP contribution in [0.25, 0.3) is 0 Å². The average Bonchev–Trinajstić information content (AvgIpc) is 3.49. The minimum Gasteiger partial charge on any atom is -0.495 e. The van der Waals surface area contributed by atoms with Crippen molar-refractivity contribution in [1.29, 1.82) is 0 Å². The van der Waals surface area contributed by atoms with Crippen LogP contribution in [-0.2, 0) is 23.1 Å². The molecule has 1 amide bonds. The minimum atomic E-state index is -3.74. The summed E-state index contributed by atoms with van der Waals surface area (Å²) in [7, 11) is 1.82. The molecule has 2 aromatic carbocycles. The SMILES string of the molecule is COc1ccc(C(=O)NCc2ccccc2C[NH+](C)C)cc1S(=O)(=O)NC1CC1. The van der Waals surface area contributed by atoms with E-state index in [1.165, 1.54) is 29.7 Å². The Hall–Kier alpha value is -2.42. The summed E-state index contributed by atoms with van der Waals surface area (Å²) in [6.07, 6.45) is 1.66. The highest BCUT2D eigenvalue weighted by Gasteiger charge is 2.30. The maximum absolute atomic E-state index is 12.7. The van der Waals surface area contributed by atoms with Crippen LogP contribution in [0, 0.1) is 0 Å². The molecule has 2 aromatic rings. The van der Waals surface area contributed by atoms with Crippen LogP contribution in [0.15, 0.2) is 47.4 Å². The molecule has 1 aliphatic carbocycles. The number of nitrogens with one attached hydrogen (secondary N) is 3. The van der Waals surface area contributed by atoms with Crippen LogP contribution < -0.4 is 19.7 Å². The standard InChI is InChI=1S/C21H27N3O4S/c1-24(2)14-17-7-5-4-6-16(17)13-22-21(25)15-8-11-19(28-3)20(12-15)29(26,27)23-18-9-10-18/h4-8,11-12,18,23H,9-10,13-14H2,1-3H3,(H,22,25)/p+1. The molecule has 0 atom stereocenters. The Bertz CT molecular complexity index is 985. The van der Waals surface area contributed by atoms with Crippen molar-refractivity contribution in [3.8, 4) is 5.75 Å². The zero-order chi connectivity index (χ0) is 21.0. The van der Waals surface area contributed by atoms with Crippen molar-refractivity contribution in [2.24, 2.45) is 0 Å². The fourth-order valence-electron chi connectivity index (χ4n) is 3.07. The highest BCUT2D eigenvalue weighted by molar-refractivity contribution is 7.89. The van der Waals surface area contributed by atoms with E-state index in [1.54, 1.807) is 6.07 Å². The number of hydrogen-bond acceptors (Lipinski definition) is 4. The van der Waals surface area contributed by atoms with Gasteiger partial charge in [-0.1, -0.05) is 24.3 Å². The molecular weight excluding hydrogens is 390 g/mol. The Morgan fingerprint density at radius 1 is 1.14 bits per heavy atom. The second kappa shape index (κ2) is 8.94. The molecule has 0 aliphatic heterocycles. The number of rotatable bonds is 9. The summed E-state index contributed by atoms with van der Waals surface area (Å²) in [4.78, 5) is 14.0. The molecule has 0 radical (unpaired) electrons. The third kappa shape index (κ3) is 5.56. The first-order valence-corrected chi connectivity index (χ1v) is 11.1. The summed E-state index contributed by atoms with van der Waals surface area (Å²) in [6.45, 7) is 1.22. The van der Waals surface area contributed by atoms with Gasteiger partial charge in [-0.2, -0.15) is 0 Å². The number of sulfonamides is 1. The van der Waals surface area contributed by atoms with Gasteiger partial charge in [-0.3, -0.25) is 4.79 Å². The third-order valence-electron chi connectivity index (χ3n) is 4.72. The molecule has 1 saturated carbocycles. The topological polar surface area (TPSA) is 88.9 Å². The molecule has 3 N–H and O–H groups in total. The maximum atomic E-state index is 12.7. The Balaban J connectivity index is 1.77. The van der Waals surface area contributed by atoms with Gasteiger partial charge in [0.25, 0.3) is 5.91 Å². The lowest BCUT2D eigenvalue weighted by Gasteiger charge is -2.14. The molecule has 0 heterocycles. The molecule has 1 fully saturated rings. The summed E-state index contributed by atoms with van der Waals surface area (Å²) >= 11 is 0. The molecule has 29 heavy (non-hydrogen) atoms. The van der Waals surface area contributed by atoms with Crippen LogP contribution in [0.1, 0.15) is 34.3 Å². The highest BCUT2D eigenvalue weighted by atomic mass is 32.2. The van der Waals surface area contributed by atoms with E-state index in [4.69, 9.17) is 4.74 Å². The molecule has 3 rings (SSSR count). The summed E-state index contributed by atoms with van der Waals surface area (Å²) < 4.78 is 33.1. The van der Waals surface area contributed by atoms with Crippen LogP contribution in [0.4, 0.5) is 0 Å². The van der Waals surface area contributed by atoms with Crippen molar-refractivity contribution < 1.29 is 22.8 Å². The number of methoxy groups -OCH3 is 1. The van der Waals surface area contributed by atoms with Crippen molar-refractivity contribution in [2.45, 2.75) is 36.9 Å². The molecule has 156 valence electrons. The summed E-state index contributed by atoms with van der Waals surface area (Å²) in [5.41, 5.74) is 2.48. The average molecular weight is 419 g/mol. The lowest BCUT2D eigenvalue weighted by atomic mass is 10.1. The summed E-state index contributed by atoms with van der Waals surface area (Å²) in [5.74, 6) is -0.114. The van der Waals surface area contributed by atoms with Crippen LogP contribution >= 0.6 is 0 Å². The van der Waals surface area contributed by atoms with E-state index in [0.717, 1.165) is 24.9 Å². The second-order valence-electron chi connectivity index (χ2n) is 7.60. The summed E-state index contributed by atoms with van der Waals surface area (Å²) in [5, 5.41) is 2.89. The molecule has 0 saturated heterocycles. The van der Waals surface area contributed by atoms with E-state index in [9.17, 15) is 13.2 Å². The first-order chi connectivity index (χ1) is 13.8. The number of carbonyl (C=O) groups is 1. The van der Waals surface area contributed by atoms with E-state index < -0.39 is 10.0 Å². The van der Waals surface area contributed by atoms with Gasteiger partial charge in [0.15, 0.2) is 0 Å². The van der Waals surface area contributed by atoms with Gasteiger partial charge in [-0.05, 0) is 36.6 Å². The largest absolute Gasteiger partial charge is 0.495 e. The minimum absolute atomic E-state index is 0.0174. The zero-order valence-electron chi connectivity index (χ0n) is 17.0. The van der Waals surface area contributed by atoms with Gasteiger partial charge in [0, 0.05) is 23.7 Å². The predicted molar refractivity (Wildman–Crippen MR) is 110 cm³/mol. The van der Waals surface area contributed by atoms with Crippen LogP contribution in [-0.4, -0.2) is 41.6 Å². The Labute approximate surface area is 172 Å². The quantitative estimate of drug-likeness (QED) is 0.560. The highest BCUT2D eigenvalue weighted by Crippen LogP contribution is 2.28. The van der Waals surface area contributed by atoms with Crippen molar-refractivity contribution in [1.82, 2.24) is 10.0 Å². The van der Waals surface area contributed by atoms with E-state index in [-0.39, 0.29) is 28.2 Å². The number of carbonyl (C=O) groups excluding carboxylic acids is 1. The molecule has 0 spiro atoms. The van der Waals surface area contributed by atoms with Crippen LogP contribution in [0.2, 0.25) is 0 Å². The van der Waals surface area contributed by atoms with Gasteiger partial charge in [0.2, 0.25) is 10.0 Å². The van der Waals surface area contributed by atoms with Crippen LogP contribution in [0.3, 0.4) is 0 Å². The normalized spacial score (nSPS) is 14.1. The van der Waals surface area contributed by atoms with Crippen molar-refractivity contribution in [3.05, 3.63) is 59.2 Å². The molecule has 0 unspecified atom stereocenters. The molecule has 8 heteroatoms. The number of quaternary nitrogens is 1. The Morgan fingerprint density at radius 2 is 1.83 bits per heavy atom. The lowest BCUT2D eigenvalue weighted by molar-refractivity contribution is -0.872. The fourth-order valence-corrected chi connectivity index (χ4v) is 4.57. The second-order valence-corrected chi connectivity index (χ2v) is 9.28. The van der Waals surface area contributed by atoms with Gasteiger partial charge in [-0.25, -0.2) is 13.1 Å². The van der Waals surface area contributed by atoms with Gasteiger partial charge in [0.05, 0.1) is 21.2 Å². The number of hydrogen-bond donors (Lipinski definition) is 3. The fraction of sp³-hybridized carbons (Fsp3) is 0.381. The molecular formula is C21H28N3O4S+. The van der Waals surface area contributed by atoms with Crippen molar-refractivity contribution in [3.63, 3.8) is 0 Å². The van der Waals surface area contributed by atoms with E-state index in [1.807, 2.05) is 18.2 Å². The third-order valence-corrected chi connectivity index (χ3v) is 6.26. The smallest absolute Gasteiger partial charge is 0.251 e. The van der Waals surface area contributed by atoms with Gasteiger partial charge < -0.3 is 15.0 Å². The van der Waals surface area contributed by atoms with Gasteiger partial charge in [0.1, 0.15) is 17.2 Å². The predicted octanol–water partition coefficient (Wildman–Crippen LogP) is 0.710. The first kappa shape index (κ1) is 21.3.